The van der Waals surface area contributed by atoms with E-state index >= 15 is 0 Å². The lowest BCUT2D eigenvalue weighted by atomic mass is 10.2. The summed E-state index contributed by atoms with van der Waals surface area (Å²) < 4.78 is 2.17. The number of thioether (sulfide) groups is 2. The highest BCUT2D eigenvalue weighted by Gasteiger charge is 2.24. The third-order valence-corrected chi connectivity index (χ3v) is 9.09. The smallest absolute Gasteiger partial charge is 0.198 e. The second-order valence-electron chi connectivity index (χ2n) is 7.76. The Bertz CT molecular complexity index is 1410. The number of hydrogen-bond donors (Lipinski definition) is 0. The molecule has 6 rings (SSSR count). The molecule has 0 aliphatic heterocycles. The van der Waals surface area contributed by atoms with E-state index in [4.69, 9.17) is 16.6 Å². The number of benzene rings is 2. The fraction of sp³-hybridized carbons (Fsp3) is 0.208. The first-order chi connectivity index (χ1) is 15.8. The van der Waals surface area contributed by atoms with Crippen molar-refractivity contribution < 1.29 is 0 Å². The Balaban J connectivity index is 1.41. The Kier molecular flexibility index (Phi) is 5.59. The average molecular weight is 495 g/mol. The molecule has 0 saturated carbocycles. The van der Waals surface area contributed by atoms with Crippen molar-refractivity contribution >= 4 is 62.3 Å². The summed E-state index contributed by atoms with van der Waals surface area (Å²) in [4.78, 5) is 7.68. The Hall–Kier alpha value is -2.06. The summed E-state index contributed by atoms with van der Waals surface area (Å²) in [7, 11) is 0. The van der Waals surface area contributed by atoms with Crippen LogP contribution in [0, 0.1) is 0 Å². The minimum Gasteiger partial charge on any atom is -0.247 e. The highest BCUT2D eigenvalue weighted by atomic mass is 35.5. The standard InChI is InChI=1S/C24H19ClN4S3/c25-17-11-9-16(10-12-17)14-31-24-28-27-21-20-18-7-4-8-19(18)32-22(20)26-23(29(21)24)30-13-15-5-2-1-3-6-15/h1-3,5-6,9-12H,4,7-8,13-14H2. The van der Waals surface area contributed by atoms with E-state index in [1.807, 2.05) is 23.5 Å². The summed E-state index contributed by atoms with van der Waals surface area (Å²) in [5.41, 5.74) is 4.87. The molecule has 8 heteroatoms. The molecular weight excluding hydrogens is 476 g/mol. The summed E-state index contributed by atoms with van der Waals surface area (Å²) in [6, 6.07) is 18.5. The molecule has 1 aliphatic carbocycles. The lowest BCUT2D eigenvalue weighted by molar-refractivity contribution is 0.816. The van der Waals surface area contributed by atoms with E-state index in [1.165, 1.54) is 33.4 Å². The van der Waals surface area contributed by atoms with Crippen molar-refractivity contribution in [1.29, 1.82) is 0 Å². The van der Waals surface area contributed by atoms with Gasteiger partial charge in [-0.1, -0.05) is 77.6 Å². The molecule has 3 aromatic heterocycles. The molecule has 0 amide bonds. The van der Waals surface area contributed by atoms with Crippen LogP contribution in [0.15, 0.2) is 64.9 Å². The number of aromatic nitrogens is 4. The van der Waals surface area contributed by atoms with Crippen LogP contribution in [0.2, 0.25) is 5.02 Å². The minimum absolute atomic E-state index is 0.754. The van der Waals surface area contributed by atoms with Gasteiger partial charge in [0, 0.05) is 21.4 Å². The quantitative estimate of drug-likeness (QED) is 0.186. The molecule has 2 aromatic carbocycles. The van der Waals surface area contributed by atoms with E-state index in [-0.39, 0.29) is 0 Å². The lowest BCUT2D eigenvalue weighted by Gasteiger charge is -2.08. The minimum atomic E-state index is 0.754. The predicted octanol–water partition coefficient (Wildman–Crippen LogP) is 7.07. The fourth-order valence-electron chi connectivity index (χ4n) is 4.08. The first-order valence-corrected chi connectivity index (χ1v) is 13.7. The van der Waals surface area contributed by atoms with Gasteiger partial charge in [0.1, 0.15) is 4.83 Å². The lowest BCUT2D eigenvalue weighted by Crippen LogP contribution is -1.98. The number of aryl methyl sites for hydroxylation is 2. The summed E-state index contributed by atoms with van der Waals surface area (Å²) in [5.74, 6) is 1.67. The number of halogens is 1. The molecule has 3 heterocycles. The van der Waals surface area contributed by atoms with E-state index in [2.05, 4.69) is 57.1 Å². The average Bonchev–Trinajstić information content (AvgIpc) is 3.52. The third kappa shape index (κ3) is 3.81. The molecule has 0 fully saturated rings. The zero-order valence-electron chi connectivity index (χ0n) is 17.1. The molecule has 0 atom stereocenters. The van der Waals surface area contributed by atoms with E-state index in [9.17, 15) is 0 Å². The van der Waals surface area contributed by atoms with Crippen molar-refractivity contribution in [1.82, 2.24) is 19.6 Å². The zero-order valence-corrected chi connectivity index (χ0v) is 20.3. The number of nitrogens with zero attached hydrogens (tertiary/aromatic N) is 4. The Labute approximate surface area is 203 Å². The number of fused-ring (bicyclic) bond motifs is 5. The van der Waals surface area contributed by atoms with Crippen molar-refractivity contribution in [2.45, 2.75) is 41.1 Å². The van der Waals surface area contributed by atoms with Crippen LogP contribution in [-0.4, -0.2) is 19.6 Å². The van der Waals surface area contributed by atoms with E-state index < -0.39 is 0 Å². The van der Waals surface area contributed by atoms with Crippen LogP contribution >= 0.6 is 46.5 Å². The maximum atomic E-state index is 6.04. The van der Waals surface area contributed by atoms with Crippen molar-refractivity contribution in [3.05, 3.63) is 81.2 Å². The van der Waals surface area contributed by atoms with Gasteiger partial charge in [-0.25, -0.2) is 9.38 Å². The first-order valence-electron chi connectivity index (χ1n) is 10.5. The predicted molar refractivity (Wildman–Crippen MR) is 135 cm³/mol. The third-order valence-electron chi connectivity index (χ3n) is 5.64. The van der Waals surface area contributed by atoms with E-state index in [0.717, 1.165) is 50.2 Å². The summed E-state index contributed by atoms with van der Waals surface area (Å²) >= 11 is 11.3. The van der Waals surface area contributed by atoms with Crippen LogP contribution in [-0.2, 0) is 24.3 Å². The summed E-state index contributed by atoms with van der Waals surface area (Å²) in [6.45, 7) is 0. The Morgan fingerprint density at radius 3 is 2.44 bits per heavy atom. The summed E-state index contributed by atoms with van der Waals surface area (Å²) in [6.07, 6.45) is 3.49. The monoisotopic (exact) mass is 494 g/mol. The second kappa shape index (κ2) is 8.71. The van der Waals surface area contributed by atoms with Crippen LogP contribution in [0.25, 0.3) is 15.9 Å². The van der Waals surface area contributed by atoms with Crippen LogP contribution in [0.5, 0.6) is 0 Å². The highest BCUT2D eigenvalue weighted by molar-refractivity contribution is 7.99. The van der Waals surface area contributed by atoms with Crippen molar-refractivity contribution in [2.75, 3.05) is 0 Å². The topological polar surface area (TPSA) is 43.1 Å². The molecule has 0 N–H and O–H groups in total. The molecule has 0 saturated heterocycles. The van der Waals surface area contributed by atoms with Gasteiger partial charge < -0.3 is 0 Å². The van der Waals surface area contributed by atoms with Crippen LogP contribution in [0.4, 0.5) is 0 Å². The maximum Gasteiger partial charge on any atom is 0.198 e. The van der Waals surface area contributed by atoms with Gasteiger partial charge in [-0.2, -0.15) is 0 Å². The van der Waals surface area contributed by atoms with E-state index in [1.54, 1.807) is 23.5 Å². The normalized spacial score (nSPS) is 13.3. The molecule has 0 radical (unpaired) electrons. The zero-order chi connectivity index (χ0) is 21.5. The second-order valence-corrected chi connectivity index (χ2v) is 11.2. The van der Waals surface area contributed by atoms with Gasteiger partial charge in [-0.05, 0) is 48.1 Å². The molecule has 0 spiro atoms. The molecular formula is C24H19ClN4S3. The van der Waals surface area contributed by atoms with Gasteiger partial charge in [0.2, 0.25) is 0 Å². The molecule has 1 aliphatic rings. The Morgan fingerprint density at radius 1 is 0.875 bits per heavy atom. The van der Waals surface area contributed by atoms with Gasteiger partial charge in [-0.15, -0.1) is 21.5 Å². The van der Waals surface area contributed by atoms with Crippen LogP contribution in [0.3, 0.4) is 0 Å². The number of rotatable bonds is 6. The van der Waals surface area contributed by atoms with Gasteiger partial charge in [0.25, 0.3) is 0 Å². The molecule has 5 aromatic rings. The highest BCUT2D eigenvalue weighted by Crippen LogP contribution is 2.40. The van der Waals surface area contributed by atoms with E-state index in [0.29, 0.717) is 0 Å². The maximum absolute atomic E-state index is 6.04. The fourth-order valence-corrected chi connectivity index (χ4v) is 7.41. The largest absolute Gasteiger partial charge is 0.247 e. The number of thiophene rings is 1. The molecule has 4 nitrogen and oxygen atoms in total. The van der Waals surface area contributed by atoms with Gasteiger partial charge >= 0.3 is 0 Å². The van der Waals surface area contributed by atoms with Crippen molar-refractivity contribution in [2.24, 2.45) is 0 Å². The molecule has 0 bridgehead atoms. The Morgan fingerprint density at radius 2 is 1.62 bits per heavy atom. The number of hydrogen-bond acceptors (Lipinski definition) is 6. The van der Waals surface area contributed by atoms with Crippen LogP contribution in [0.1, 0.15) is 28.0 Å². The van der Waals surface area contributed by atoms with Gasteiger partial charge in [0.05, 0.1) is 5.39 Å². The van der Waals surface area contributed by atoms with Crippen molar-refractivity contribution in [3.8, 4) is 0 Å². The SMILES string of the molecule is Clc1ccc(CSc2nnc3c4c5c(sc4nc(SCc4ccccc4)n23)CCC5)cc1. The molecule has 32 heavy (non-hydrogen) atoms. The first kappa shape index (κ1) is 20.5. The van der Waals surface area contributed by atoms with Crippen LogP contribution < -0.4 is 0 Å². The van der Waals surface area contributed by atoms with Gasteiger partial charge in [-0.3, -0.25) is 0 Å². The summed E-state index contributed by atoms with van der Waals surface area (Å²) in [5, 5.41) is 13.1. The van der Waals surface area contributed by atoms with Crippen molar-refractivity contribution in [3.63, 3.8) is 0 Å². The molecule has 0 unspecified atom stereocenters. The molecule has 160 valence electrons. The van der Waals surface area contributed by atoms with Gasteiger partial charge in [0.15, 0.2) is 16.0 Å².